The summed E-state index contributed by atoms with van der Waals surface area (Å²) in [4.78, 5) is 14.1. The van der Waals surface area contributed by atoms with Gasteiger partial charge in [0, 0.05) is 32.0 Å². The van der Waals surface area contributed by atoms with Crippen LogP contribution in [-0.2, 0) is 6.54 Å². The zero-order valence-corrected chi connectivity index (χ0v) is 14.0. The van der Waals surface area contributed by atoms with Crippen LogP contribution in [0.4, 0.5) is 16.2 Å². The summed E-state index contributed by atoms with van der Waals surface area (Å²) in [6.45, 7) is 2.42. The molecule has 2 rings (SSSR count). The number of aryl methyl sites for hydroxylation is 1. The molecule has 2 aromatic carbocycles. The number of rotatable bonds is 5. The number of anilines is 2. The minimum atomic E-state index is -0.228. The zero-order chi connectivity index (χ0) is 16.8. The van der Waals surface area contributed by atoms with Crippen molar-refractivity contribution in [2.24, 2.45) is 0 Å². The molecule has 0 saturated carbocycles. The molecule has 0 unspecified atom stereocenters. The van der Waals surface area contributed by atoms with Gasteiger partial charge in [0.1, 0.15) is 5.75 Å². The van der Waals surface area contributed by atoms with E-state index in [1.165, 1.54) is 0 Å². The molecule has 0 aliphatic rings. The summed E-state index contributed by atoms with van der Waals surface area (Å²) in [6, 6.07) is 13.3. The molecular weight excluding hydrogens is 290 g/mol. The standard InChI is InChI=1S/C18H23N3O2/c1-13-10-15(21(2)3)8-9-17(13)20-18(22)19-12-14-6-5-7-16(11-14)23-4/h5-11H,12H2,1-4H3,(H2,19,20,22). The van der Waals surface area contributed by atoms with Gasteiger partial charge in [-0.15, -0.1) is 0 Å². The molecule has 2 amide bonds. The van der Waals surface area contributed by atoms with Crippen LogP contribution in [0.3, 0.4) is 0 Å². The number of nitrogens with one attached hydrogen (secondary N) is 2. The molecule has 0 heterocycles. The average Bonchev–Trinajstić information content (AvgIpc) is 2.55. The van der Waals surface area contributed by atoms with Crippen molar-refractivity contribution in [2.45, 2.75) is 13.5 Å². The SMILES string of the molecule is COc1cccc(CNC(=O)Nc2ccc(N(C)C)cc2C)c1. The maximum absolute atomic E-state index is 12.0. The predicted molar refractivity (Wildman–Crippen MR) is 94.4 cm³/mol. The van der Waals surface area contributed by atoms with Gasteiger partial charge in [0.2, 0.25) is 0 Å². The monoisotopic (exact) mass is 313 g/mol. The first-order valence-electron chi connectivity index (χ1n) is 7.45. The van der Waals surface area contributed by atoms with E-state index in [0.29, 0.717) is 6.54 Å². The summed E-state index contributed by atoms with van der Waals surface area (Å²) in [6.07, 6.45) is 0. The highest BCUT2D eigenvalue weighted by Crippen LogP contribution is 2.21. The first-order valence-corrected chi connectivity index (χ1v) is 7.45. The second-order valence-electron chi connectivity index (χ2n) is 5.55. The molecule has 0 bridgehead atoms. The number of amides is 2. The fourth-order valence-electron chi connectivity index (χ4n) is 2.20. The second-order valence-corrected chi connectivity index (χ2v) is 5.55. The van der Waals surface area contributed by atoms with Gasteiger partial charge in [0.15, 0.2) is 0 Å². The number of methoxy groups -OCH3 is 1. The van der Waals surface area contributed by atoms with Gasteiger partial charge < -0.3 is 20.3 Å². The predicted octanol–water partition coefficient (Wildman–Crippen LogP) is 3.39. The van der Waals surface area contributed by atoms with Crippen molar-refractivity contribution in [3.8, 4) is 5.75 Å². The number of hydrogen-bond donors (Lipinski definition) is 2. The van der Waals surface area contributed by atoms with E-state index in [0.717, 1.165) is 28.3 Å². The molecule has 0 fully saturated rings. The lowest BCUT2D eigenvalue weighted by Crippen LogP contribution is -2.28. The number of hydrogen-bond acceptors (Lipinski definition) is 3. The molecular formula is C18H23N3O2. The molecule has 0 aliphatic heterocycles. The molecule has 5 heteroatoms. The summed E-state index contributed by atoms with van der Waals surface area (Å²) in [5.41, 5.74) is 3.91. The Balaban J connectivity index is 1.94. The van der Waals surface area contributed by atoms with E-state index in [4.69, 9.17) is 4.74 Å². The first kappa shape index (κ1) is 16.7. The average molecular weight is 313 g/mol. The Bertz CT molecular complexity index is 684. The number of carbonyl (C=O) groups excluding carboxylic acids is 1. The molecule has 5 nitrogen and oxygen atoms in total. The van der Waals surface area contributed by atoms with Gasteiger partial charge in [0.05, 0.1) is 7.11 Å². The van der Waals surface area contributed by atoms with E-state index in [9.17, 15) is 4.79 Å². The quantitative estimate of drug-likeness (QED) is 0.889. The van der Waals surface area contributed by atoms with Gasteiger partial charge in [0.25, 0.3) is 0 Å². The normalized spacial score (nSPS) is 10.1. The Kier molecular flexibility index (Phi) is 5.46. The van der Waals surface area contributed by atoms with E-state index in [1.54, 1.807) is 7.11 Å². The second kappa shape index (κ2) is 7.54. The Hall–Kier alpha value is -2.69. The van der Waals surface area contributed by atoms with Crippen LogP contribution in [0.5, 0.6) is 5.75 Å². The Morgan fingerprint density at radius 3 is 2.61 bits per heavy atom. The van der Waals surface area contributed by atoms with Crippen molar-refractivity contribution >= 4 is 17.4 Å². The Morgan fingerprint density at radius 1 is 1.17 bits per heavy atom. The Labute approximate surface area is 137 Å². The summed E-state index contributed by atoms with van der Waals surface area (Å²) in [5.74, 6) is 0.778. The number of carbonyl (C=O) groups is 1. The van der Waals surface area contributed by atoms with Crippen LogP contribution < -0.4 is 20.3 Å². The maximum Gasteiger partial charge on any atom is 0.319 e. The van der Waals surface area contributed by atoms with Crippen molar-refractivity contribution in [2.75, 3.05) is 31.4 Å². The van der Waals surface area contributed by atoms with Crippen LogP contribution in [0.25, 0.3) is 0 Å². The topological polar surface area (TPSA) is 53.6 Å². The molecule has 0 aromatic heterocycles. The molecule has 23 heavy (non-hydrogen) atoms. The molecule has 0 aliphatic carbocycles. The van der Waals surface area contributed by atoms with Crippen LogP contribution in [0, 0.1) is 6.92 Å². The molecule has 0 spiro atoms. The van der Waals surface area contributed by atoms with Gasteiger partial charge in [-0.1, -0.05) is 12.1 Å². The lowest BCUT2D eigenvalue weighted by atomic mass is 10.1. The molecule has 0 radical (unpaired) electrons. The van der Waals surface area contributed by atoms with Gasteiger partial charge in [-0.25, -0.2) is 4.79 Å². The lowest BCUT2D eigenvalue weighted by molar-refractivity contribution is 0.251. The number of benzene rings is 2. The molecule has 0 atom stereocenters. The number of ether oxygens (including phenoxy) is 1. The van der Waals surface area contributed by atoms with E-state index in [2.05, 4.69) is 10.6 Å². The zero-order valence-electron chi connectivity index (χ0n) is 14.0. The van der Waals surface area contributed by atoms with Crippen LogP contribution in [0.1, 0.15) is 11.1 Å². The van der Waals surface area contributed by atoms with E-state index in [1.807, 2.05) is 68.4 Å². The third-order valence-corrected chi connectivity index (χ3v) is 3.56. The van der Waals surface area contributed by atoms with Gasteiger partial charge in [-0.3, -0.25) is 0 Å². The maximum atomic E-state index is 12.0. The number of nitrogens with zero attached hydrogens (tertiary/aromatic N) is 1. The van der Waals surface area contributed by atoms with Crippen molar-refractivity contribution < 1.29 is 9.53 Å². The largest absolute Gasteiger partial charge is 0.497 e. The van der Waals surface area contributed by atoms with Gasteiger partial charge >= 0.3 is 6.03 Å². The van der Waals surface area contributed by atoms with Crippen LogP contribution >= 0.6 is 0 Å². The number of urea groups is 1. The summed E-state index contributed by atoms with van der Waals surface area (Å²) in [5, 5.41) is 5.72. The fraction of sp³-hybridized carbons (Fsp3) is 0.278. The smallest absolute Gasteiger partial charge is 0.319 e. The highest BCUT2D eigenvalue weighted by Gasteiger charge is 2.06. The van der Waals surface area contributed by atoms with E-state index >= 15 is 0 Å². The first-order chi connectivity index (χ1) is 11.0. The van der Waals surface area contributed by atoms with Crippen molar-refractivity contribution in [1.82, 2.24) is 5.32 Å². The van der Waals surface area contributed by atoms with Crippen LogP contribution in [0.15, 0.2) is 42.5 Å². The summed E-state index contributed by atoms with van der Waals surface area (Å²) in [7, 11) is 5.60. The molecule has 122 valence electrons. The molecule has 0 saturated heterocycles. The molecule has 2 aromatic rings. The summed E-state index contributed by atoms with van der Waals surface area (Å²) < 4.78 is 5.17. The van der Waals surface area contributed by atoms with Crippen molar-refractivity contribution in [3.05, 3.63) is 53.6 Å². The Morgan fingerprint density at radius 2 is 1.96 bits per heavy atom. The highest BCUT2D eigenvalue weighted by molar-refractivity contribution is 5.90. The third kappa shape index (κ3) is 4.64. The lowest BCUT2D eigenvalue weighted by Gasteiger charge is -2.16. The highest BCUT2D eigenvalue weighted by atomic mass is 16.5. The van der Waals surface area contributed by atoms with Gasteiger partial charge in [-0.2, -0.15) is 0 Å². The fourth-order valence-corrected chi connectivity index (χ4v) is 2.20. The minimum absolute atomic E-state index is 0.228. The van der Waals surface area contributed by atoms with E-state index < -0.39 is 0 Å². The van der Waals surface area contributed by atoms with E-state index in [-0.39, 0.29) is 6.03 Å². The molecule has 2 N–H and O–H groups in total. The van der Waals surface area contributed by atoms with Crippen LogP contribution in [0.2, 0.25) is 0 Å². The third-order valence-electron chi connectivity index (χ3n) is 3.56. The van der Waals surface area contributed by atoms with Gasteiger partial charge in [-0.05, 0) is 48.4 Å². The van der Waals surface area contributed by atoms with Crippen LogP contribution in [-0.4, -0.2) is 27.2 Å². The summed E-state index contributed by atoms with van der Waals surface area (Å²) >= 11 is 0. The van der Waals surface area contributed by atoms with Crippen molar-refractivity contribution in [1.29, 1.82) is 0 Å². The minimum Gasteiger partial charge on any atom is -0.497 e. The van der Waals surface area contributed by atoms with Crippen molar-refractivity contribution in [3.63, 3.8) is 0 Å².